The Morgan fingerprint density at radius 3 is 1.92 bits per heavy atom. The SMILES string of the molecule is c1ccc2c(c1)ccc1c2sc2c1c1ccccc1c1c3ccc4ccccc4c3n(-c3ccc(-c4ccc5sc6nccnc6c5c4)cc3)c21. The fraction of sp³-hybridized carbons (Fsp3) is 0. The number of aromatic nitrogens is 3. The standard InChI is InChI=1S/C46H25N3S2/c1-3-9-31-27(7-1)15-20-35-39-33-11-5-6-12-34(33)40-36-21-16-28-8-2-4-10-32(28)44(36)51-45(40)43(39)49(42(31)35)30-18-13-26(14-19-30)29-17-22-38-37(25-29)41-46(50-38)48-24-23-47-41/h1-25H. The van der Waals surface area contributed by atoms with Crippen LogP contribution in [0.1, 0.15) is 0 Å². The highest BCUT2D eigenvalue weighted by atomic mass is 32.1. The molecule has 4 aromatic heterocycles. The molecule has 0 bridgehead atoms. The van der Waals surface area contributed by atoms with Crippen molar-refractivity contribution in [3.8, 4) is 16.8 Å². The van der Waals surface area contributed by atoms with Gasteiger partial charge in [0.15, 0.2) is 0 Å². The van der Waals surface area contributed by atoms with E-state index in [-0.39, 0.29) is 0 Å². The van der Waals surface area contributed by atoms with Gasteiger partial charge in [-0.3, -0.25) is 4.98 Å². The van der Waals surface area contributed by atoms with Gasteiger partial charge in [-0.25, -0.2) is 4.98 Å². The maximum absolute atomic E-state index is 4.66. The Hall–Kier alpha value is -6.14. The zero-order valence-corrected chi connectivity index (χ0v) is 28.7. The lowest BCUT2D eigenvalue weighted by Crippen LogP contribution is -1.95. The highest BCUT2D eigenvalue weighted by Gasteiger charge is 2.23. The van der Waals surface area contributed by atoms with Crippen molar-refractivity contribution < 1.29 is 0 Å². The summed E-state index contributed by atoms with van der Waals surface area (Å²) in [4.78, 5) is 10.2. The molecule has 51 heavy (non-hydrogen) atoms. The number of benzene rings is 8. The van der Waals surface area contributed by atoms with E-state index in [2.05, 4.69) is 154 Å². The molecule has 0 aliphatic heterocycles. The first-order valence-corrected chi connectivity index (χ1v) is 18.8. The van der Waals surface area contributed by atoms with E-state index in [1.165, 1.54) is 90.1 Å². The lowest BCUT2D eigenvalue weighted by atomic mass is 9.97. The first kappa shape index (κ1) is 27.7. The van der Waals surface area contributed by atoms with Gasteiger partial charge in [0.05, 0.1) is 15.7 Å². The molecule has 0 saturated heterocycles. The van der Waals surface area contributed by atoms with Crippen molar-refractivity contribution in [1.29, 1.82) is 0 Å². The number of nitrogens with zero attached hydrogens (tertiary/aromatic N) is 3. The summed E-state index contributed by atoms with van der Waals surface area (Å²) in [7, 11) is 0. The van der Waals surface area contributed by atoms with Crippen LogP contribution in [0.2, 0.25) is 0 Å². The van der Waals surface area contributed by atoms with Crippen molar-refractivity contribution in [3.63, 3.8) is 0 Å². The minimum Gasteiger partial charge on any atom is -0.307 e. The second-order valence-corrected chi connectivity index (χ2v) is 15.4. The van der Waals surface area contributed by atoms with Gasteiger partial charge in [0.2, 0.25) is 0 Å². The molecular formula is C46H25N3S2. The van der Waals surface area contributed by atoms with Gasteiger partial charge in [-0.1, -0.05) is 115 Å². The average molecular weight is 684 g/mol. The van der Waals surface area contributed by atoms with Crippen LogP contribution in [-0.2, 0) is 0 Å². The summed E-state index contributed by atoms with van der Waals surface area (Å²) >= 11 is 3.63. The normalized spacial score (nSPS) is 12.3. The molecule has 0 N–H and O–H groups in total. The topological polar surface area (TPSA) is 30.7 Å². The van der Waals surface area contributed by atoms with Gasteiger partial charge >= 0.3 is 0 Å². The summed E-state index contributed by atoms with van der Waals surface area (Å²) in [6, 6.07) is 51.7. The summed E-state index contributed by atoms with van der Waals surface area (Å²) < 4.78 is 6.43. The average Bonchev–Trinajstić information content (AvgIpc) is 3.88. The zero-order chi connectivity index (χ0) is 33.2. The van der Waals surface area contributed by atoms with Crippen molar-refractivity contribution in [1.82, 2.24) is 14.5 Å². The van der Waals surface area contributed by atoms with E-state index >= 15 is 0 Å². The molecule has 4 heterocycles. The second-order valence-electron chi connectivity index (χ2n) is 13.3. The van der Waals surface area contributed by atoms with Crippen molar-refractivity contribution in [3.05, 3.63) is 152 Å². The van der Waals surface area contributed by atoms with Crippen LogP contribution < -0.4 is 0 Å². The number of fused-ring (bicyclic) bond motifs is 17. The van der Waals surface area contributed by atoms with Crippen molar-refractivity contribution >= 4 is 117 Å². The van der Waals surface area contributed by atoms with Gasteiger partial charge in [-0.05, 0) is 62.3 Å². The Morgan fingerprint density at radius 2 is 1.10 bits per heavy atom. The molecule has 0 aliphatic carbocycles. The molecule has 0 amide bonds. The molecule has 236 valence electrons. The van der Waals surface area contributed by atoms with E-state index in [0.29, 0.717) is 0 Å². The molecule has 0 aliphatic rings. The molecule has 0 saturated carbocycles. The second kappa shape index (κ2) is 10.2. The predicted octanol–water partition coefficient (Wildman–Crippen LogP) is 13.4. The van der Waals surface area contributed by atoms with Gasteiger partial charge < -0.3 is 4.57 Å². The van der Waals surface area contributed by atoms with Crippen LogP contribution in [0, 0.1) is 0 Å². The van der Waals surface area contributed by atoms with Gasteiger partial charge in [0.1, 0.15) is 10.3 Å². The van der Waals surface area contributed by atoms with Crippen molar-refractivity contribution in [2.24, 2.45) is 0 Å². The first-order chi connectivity index (χ1) is 25.3. The van der Waals surface area contributed by atoms with E-state index in [9.17, 15) is 0 Å². The zero-order valence-electron chi connectivity index (χ0n) is 27.1. The molecule has 12 aromatic rings. The molecule has 0 atom stereocenters. The molecule has 8 aromatic carbocycles. The van der Waals surface area contributed by atoms with E-state index in [4.69, 9.17) is 0 Å². The quantitative estimate of drug-likeness (QED) is 0.182. The Labute approximate surface area is 299 Å². The maximum Gasteiger partial charge on any atom is 0.143 e. The third-order valence-corrected chi connectivity index (χ3v) is 13.0. The lowest BCUT2D eigenvalue weighted by Gasteiger charge is -2.12. The summed E-state index contributed by atoms with van der Waals surface area (Å²) in [6.07, 6.45) is 3.55. The highest BCUT2D eigenvalue weighted by molar-refractivity contribution is 7.27. The first-order valence-electron chi connectivity index (χ1n) is 17.1. The van der Waals surface area contributed by atoms with Gasteiger partial charge in [-0.2, -0.15) is 0 Å². The van der Waals surface area contributed by atoms with Crippen LogP contribution in [0.25, 0.3) is 112 Å². The number of rotatable bonds is 2. The third-order valence-electron chi connectivity index (χ3n) is 10.7. The fourth-order valence-electron chi connectivity index (χ4n) is 8.45. The van der Waals surface area contributed by atoms with Crippen LogP contribution in [0.5, 0.6) is 0 Å². The smallest absolute Gasteiger partial charge is 0.143 e. The monoisotopic (exact) mass is 683 g/mol. The Balaban J connectivity index is 1.20. The predicted molar refractivity (Wildman–Crippen MR) is 220 cm³/mol. The Bertz CT molecular complexity index is 3420. The Kier molecular flexibility index (Phi) is 5.53. The highest BCUT2D eigenvalue weighted by Crippen LogP contribution is 2.50. The third kappa shape index (κ3) is 3.77. The van der Waals surface area contributed by atoms with Gasteiger partial charge in [-0.15, -0.1) is 22.7 Å². The summed E-state index contributed by atoms with van der Waals surface area (Å²) in [6.45, 7) is 0. The largest absolute Gasteiger partial charge is 0.307 e. The van der Waals surface area contributed by atoms with E-state index < -0.39 is 0 Å². The van der Waals surface area contributed by atoms with E-state index in [1.54, 1.807) is 23.7 Å². The number of thiophene rings is 2. The van der Waals surface area contributed by atoms with E-state index in [1.807, 2.05) is 11.3 Å². The molecule has 0 radical (unpaired) electrons. The molecule has 12 rings (SSSR count). The lowest BCUT2D eigenvalue weighted by molar-refractivity contribution is 1.19. The van der Waals surface area contributed by atoms with Crippen molar-refractivity contribution in [2.75, 3.05) is 0 Å². The van der Waals surface area contributed by atoms with E-state index in [0.717, 1.165) is 21.4 Å². The minimum absolute atomic E-state index is 0.973. The minimum atomic E-state index is 0.973. The molecule has 5 heteroatoms. The number of hydrogen-bond acceptors (Lipinski definition) is 4. The van der Waals surface area contributed by atoms with Crippen LogP contribution in [0.15, 0.2) is 152 Å². The summed E-state index contributed by atoms with van der Waals surface area (Å²) in [5.74, 6) is 0. The van der Waals surface area contributed by atoms with Crippen LogP contribution >= 0.6 is 22.7 Å². The summed E-state index contributed by atoms with van der Waals surface area (Å²) in [5.41, 5.74) is 7.01. The molecule has 0 unspecified atom stereocenters. The molecular weight excluding hydrogens is 659 g/mol. The van der Waals surface area contributed by atoms with Crippen LogP contribution in [0.3, 0.4) is 0 Å². The fourth-order valence-corrected chi connectivity index (χ4v) is 10.8. The van der Waals surface area contributed by atoms with Gasteiger partial charge in [0, 0.05) is 59.8 Å². The Morgan fingerprint density at radius 1 is 0.431 bits per heavy atom. The van der Waals surface area contributed by atoms with Crippen LogP contribution in [0.4, 0.5) is 0 Å². The molecule has 0 fully saturated rings. The van der Waals surface area contributed by atoms with Crippen molar-refractivity contribution in [2.45, 2.75) is 0 Å². The van der Waals surface area contributed by atoms with Crippen LogP contribution in [-0.4, -0.2) is 14.5 Å². The molecule has 0 spiro atoms. The van der Waals surface area contributed by atoms with Gasteiger partial charge in [0.25, 0.3) is 0 Å². The molecule has 3 nitrogen and oxygen atoms in total. The summed E-state index contributed by atoms with van der Waals surface area (Å²) in [5, 5.41) is 14.1. The maximum atomic E-state index is 4.66. The number of hydrogen-bond donors (Lipinski definition) is 0.